The number of ether oxygens (including phenoxy) is 1. The monoisotopic (exact) mass is 539 g/mol. The molecule has 0 bridgehead atoms. The molecule has 10 heteroatoms. The van der Waals surface area contributed by atoms with Gasteiger partial charge in [-0.3, -0.25) is 14.1 Å². The molecule has 3 aromatic carbocycles. The summed E-state index contributed by atoms with van der Waals surface area (Å²) in [4.78, 5) is 28.3. The Kier molecular flexibility index (Phi) is 9.49. The number of benzene rings is 3. The van der Waals surface area contributed by atoms with E-state index < -0.39 is 28.0 Å². The summed E-state index contributed by atoms with van der Waals surface area (Å²) in [6.07, 6.45) is -0.593. The predicted octanol–water partition coefficient (Wildman–Crippen LogP) is 4.57. The van der Waals surface area contributed by atoms with Crippen molar-refractivity contribution in [1.82, 2.24) is 10.2 Å². The van der Waals surface area contributed by atoms with Crippen LogP contribution in [0.3, 0.4) is 0 Å². The van der Waals surface area contributed by atoms with Gasteiger partial charge in [0.15, 0.2) is 0 Å². The van der Waals surface area contributed by atoms with E-state index in [4.69, 9.17) is 9.29 Å². The van der Waals surface area contributed by atoms with Crippen molar-refractivity contribution in [1.29, 1.82) is 0 Å². The lowest BCUT2D eigenvalue weighted by Gasteiger charge is -2.29. The van der Waals surface area contributed by atoms with Gasteiger partial charge in [0.25, 0.3) is 0 Å². The van der Waals surface area contributed by atoms with Crippen molar-refractivity contribution in [2.75, 3.05) is 4.72 Å². The van der Waals surface area contributed by atoms with E-state index in [1.165, 1.54) is 12.1 Å². The van der Waals surface area contributed by atoms with Crippen molar-refractivity contribution in [3.63, 3.8) is 0 Å². The van der Waals surface area contributed by atoms with Crippen LogP contribution in [-0.2, 0) is 39.3 Å². The Morgan fingerprint density at radius 3 is 1.79 bits per heavy atom. The first kappa shape index (κ1) is 28.7. The van der Waals surface area contributed by atoms with Crippen LogP contribution >= 0.6 is 0 Å². The largest absolute Gasteiger partial charge is 0.444 e. The molecule has 0 aliphatic heterocycles. The molecule has 0 spiro atoms. The Hall–Kier alpha value is -3.89. The quantitative estimate of drug-likeness (QED) is 0.324. The van der Waals surface area contributed by atoms with Crippen molar-refractivity contribution < 1.29 is 27.3 Å². The second-order valence-corrected chi connectivity index (χ2v) is 11.0. The maximum absolute atomic E-state index is 13.9. The van der Waals surface area contributed by atoms with E-state index in [2.05, 4.69) is 5.32 Å². The molecule has 1 unspecified atom stereocenters. The third kappa shape index (κ3) is 9.87. The number of nitrogens with one attached hydrogen (secondary N) is 2. The first-order valence-corrected chi connectivity index (χ1v) is 13.5. The van der Waals surface area contributed by atoms with E-state index in [9.17, 15) is 18.0 Å². The van der Waals surface area contributed by atoms with Crippen molar-refractivity contribution in [3.8, 4) is 0 Å². The second-order valence-electron chi connectivity index (χ2n) is 9.84. The molecule has 9 nitrogen and oxygen atoms in total. The number of amides is 2. The molecule has 0 aliphatic rings. The molecule has 3 N–H and O–H groups in total. The van der Waals surface area contributed by atoms with Gasteiger partial charge in [-0.15, -0.1) is 0 Å². The van der Waals surface area contributed by atoms with Gasteiger partial charge in [-0.25, -0.2) is 4.79 Å². The molecule has 0 heterocycles. The van der Waals surface area contributed by atoms with Crippen molar-refractivity contribution in [2.24, 2.45) is 0 Å². The maximum atomic E-state index is 13.9. The normalized spacial score (nSPS) is 12.3. The van der Waals surface area contributed by atoms with Gasteiger partial charge in [-0.2, -0.15) is 8.42 Å². The van der Waals surface area contributed by atoms with Crippen LogP contribution in [-0.4, -0.2) is 41.5 Å². The van der Waals surface area contributed by atoms with Crippen LogP contribution in [0.25, 0.3) is 0 Å². The highest BCUT2D eigenvalue weighted by Gasteiger charge is 2.29. The van der Waals surface area contributed by atoms with Gasteiger partial charge in [0.2, 0.25) is 5.91 Å². The predicted molar refractivity (Wildman–Crippen MR) is 146 cm³/mol. The molecular weight excluding hydrogens is 506 g/mol. The number of rotatable bonds is 10. The number of alkyl carbamates (subject to hydrolysis) is 1. The lowest BCUT2D eigenvalue weighted by atomic mass is 10.0. The summed E-state index contributed by atoms with van der Waals surface area (Å²) in [7, 11) is -4.41. The number of anilines is 1. The molecule has 38 heavy (non-hydrogen) atoms. The van der Waals surface area contributed by atoms with Gasteiger partial charge in [-0.05, 0) is 49.6 Å². The first-order chi connectivity index (χ1) is 17.9. The van der Waals surface area contributed by atoms with Crippen molar-refractivity contribution in [2.45, 2.75) is 51.9 Å². The van der Waals surface area contributed by atoms with Crippen LogP contribution in [0.15, 0.2) is 84.9 Å². The third-order valence-corrected chi connectivity index (χ3v) is 5.87. The molecule has 3 rings (SSSR count). The van der Waals surface area contributed by atoms with Crippen LogP contribution in [0, 0.1) is 0 Å². The minimum absolute atomic E-state index is 0.129. The van der Waals surface area contributed by atoms with Gasteiger partial charge in [0, 0.05) is 19.5 Å². The van der Waals surface area contributed by atoms with E-state index in [0.717, 1.165) is 11.1 Å². The lowest BCUT2D eigenvalue weighted by molar-refractivity contribution is -0.134. The zero-order valence-corrected chi connectivity index (χ0v) is 22.4. The zero-order valence-electron chi connectivity index (χ0n) is 21.6. The Morgan fingerprint density at radius 2 is 1.34 bits per heavy atom. The van der Waals surface area contributed by atoms with Crippen molar-refractivity contribution >= 4 is 28.0 Å². The SMILES string of the molecule is CC(C)(C)OC(=O)NC(Cc1ccc(NS(=O)(=O)O)cc1)C(=O)N(Cc1ccccc1)Cc1ccccc1. The molecule has 0 aliphatic carbocycles. The Bertz CT molecular complexity index is 1270. The number of hydrogen-bond acceptors (Lipinski definition) is 5. The molecule has 0 radical (unpaired) electrons. The molecule has 0 fully saturated rings. The Labute approximate surface area is 223 Å². The van der Waals surface area contributed by atoms with Crippen LogP contribution in [0.5, 0.6) is 0 Å². The van der Waals surface area contributed by atoms with Crippen molar-refractivity contribution in [3.05, 3.63) is 102 Å². The molecule has 1 atom stereocenters. The maximum Gasteiger partial charge on any atom is 0.408 e. The summed E-state index contributed by atoms with van der Waals surface area (Å²) in [5.41, 5.74) is 1.95. The number of nitrogens with zero attached hydrogens (tertiary/aromatic N) is 1. The van der Waals surface area contributed by atoms with Crippen LogP contribution in [0.1, 0.15) is 37.5 Å². The van der Waals surface area contributed by atoms with Crippen LogP contribution < -0.4 is 10.0 Å². The molecule has 202 valence electrons. The molecule has 0 saturated carbocycles. The smallest absolute Gasteiger partial charge is 0.408 e. The van der Waals surface area contributed by atoms with Gasteiger partial charge in [-0.1, -0.05) is 72.8 Å². The highest BCUT2D eigenvalue weighted by Crippen LogP contribution is 2.17. The number of carbonyl (C=O) groups is 2. The molecule has 0 aromatic heterocycles. The minimum Gasteiger partial charge on any atom is -0.444 e. The van der Waals surface area contributed by atoms with E-state index in [0.29, 0.717) is 18.7 Å². The Morgan fingerprint density at radius 1 is 0.842 bits per heavy atom. The topological polar surface area (TPSA) is 125 Å². The van der Waals surface area contributed by atoms with E-state index >= 15 is 0 Å². The highest BCUT2D eigenvalue weighted by molar-refractivity contribution is 7.87. The zero-order chi connectivity index (χ0) is 27.8. The van der Waals surface area contributed by atoms with Gasteiger partial charge in [0.1, 0.15) is 11.6 Å². The first-order valence-electron chi connectivity index (χ1n) is 12.1. The fraction of sp³-hybridized carbons (Fsp3) is 0.286. The lowest BCUT2D eigenvalue weighted by Crippen LogP contribution is -2.50. The van der Waals surface area contributed by atoms with Gasteiger partial charge in [0.05, 0.1) is 5.69 Å². The van der Waals surface area contributed by atoms with Crippen LogP contribution in [0.2, 0.25) is 0 Å². The van der Waals surface area contributed by atoms with E-state index in [1.54, 1.807) is 37.8 Å². The second kappa shape index (κ2) is 12.6. The average molecular weight is 540 g/mol. The Balaban J connectivity index is 1.89. The van der Waals surface area contributed by atoms with E-state index in [1.807, 2.05) is 65.4 Å². The van der Waals surface area contributed by atoms with Gasteiger partial charge < -0.3 is 15.0 Å². The molecule has 0 saturated heterocycles. The highest BCUT2D eigenvalue weighted by atomic mass is 32.2. The standard InChI is InChI=1S/C28H33N3O6S/c1-28(2,3)37-27(33)29-25(18-21-14-16-24(17-15-21)30-38(34,35)36)26(32)31(19-22-10-6-4-7-11-22)20-23-12-8-5-9-13-23/h4-17,25,30H,18-20H2,1-3H3,(H,29,33)(H,34,35,36). The molecule has 2 amide bonds. The van der Waals surface area contributed by atoms with E-state index in [-0.39, 0.29) is 18.0 Å². The summed E-state index contributed by atoms with van der Waals surface area (Å²) in [6.45, 7) is 5.88. The summed E-state index contributed by atoms with van der Waals surface area (Å²) in [5, 5.41) is 2.72. The summed E-state index contributed by atoms with van der Waals surface area (Å²) < 4.78 is 38.6. The average Bonchev–Trinajstić information content (AvgIpc) is 2.83. The fourth-order valence-electron chi connectivity index (χ4n) is 3.78. The van der Waals surface area contributed by atoms with Crippen LogP contribution in [0.4, 0.5) is 10.5 Å². The number of hydrogen-bond donors (Lipinski definition) is 3. The fourth-order valence-corrected chi connectivity index (χ4v) is 4.22. The molecule has 3 aromatic rings. The summed E-state index contributed by atoms with van der Waals surface area (Å²) in [5.74, 6) is -0.302. The third-order valence-electron chi connectivity index (χ3n) is 5.37. The number of carbonyl (C=O) groups excluding carboxylic acids is 2. The summed E-state index contributed by atoms with van der Waals surface area (Å²) >= 11 is 0. The summed E-state index contributed by atoms with van der Waals surface area (Å²) in [6, 6.07) is 24.3. The minimum atomic E-state index is -4.41. The molecular formula is C28H33N3O6S. The van der Waals surface area contributed by atoms with Gasteiger partial charge >= 0.3 is 16.4 Å².